The first kappa shape index (κ1) is 18.1. The minimum Gasteiger partial charge on any atom is -0.486 e. The number of rotatable bonds is 6. The average molecular weight is 376 g/mol. The number of hydrogen-bond acceptors (Lipinski definition) is 4. The quantitative estimate of drug-likeness (QED) is 0.804. The lowest BCUT2D eigenvalue weighted by atomic mass is 9.92. The first-order valence-electron chi connectivity index (χ1n) is 8.18. The first-order valence-corrected chi connectivity index (χ1v) is 8.56. The highest BCUT2D eigenvalue weighted by atomic mass is 35.5. The van der Waals surface area contributed by atoms with Crippen LogP contribution in [0.5, 0.6) is 11.5 Å². The third-order valence-electron chi connectivity index (χ3n) is 4.02. The molecule has 0 radical (unpaired) electrons. The van der Waals surface area contributed by atoms with Gasteiger partial charge in [-0.05, 0) is 29.8 Å². The lowest BCUT2D eigenvalue weighted by molar-refractivity contribution is -0.137. The van der Waals surface area contributed by atoms with Gasteiger partial charge in [0.15, 0.2) is 11.5 Å². The van der Waals surface area contributed by atoms with E-state index >= 15 is 0 Å². The normalized spacial score (nSPS) is 13.7. The Balaban J connectivity index is 1.69. The summed E-state index contributed by atoms with van der Waals surface area (Å²) in [6, 6.07) is 12.0. The van der Waals surface area contributed by atoms with E-state index in [-0.39, 0.29) is 18.7 Å². The van der Waals surface area contributed by atoms with Crippen LogP contribution in [0.15, 0.2) is 42.5 Å². The summed E-state index contributed by atoms with van der Waals surface area (Å²) in [5.41, 5.74) is 1.33. The van der Waals surface area contributed by atoms with Gasteiger partial charge in [0.25, 0.3) is 0 Å². The number of carbonyl (C=O) groups is 2. The lowest BCUT2D eigenvalue weighted by Crippen LogP contribution is -2.18. The van der Waals surface area contributed by atoms with E-state index < -0.39 is 11.9 Å². The summed E-state index contributed by atoms with van der Waals surface area (Å²) in [5, 5.41) is 12.5. The molecule has 2 aromatic rings. The van der Waals surface area contributed by atoms with Crippen molar-refractivity contribution in [1.82, 2.24) is 0 Å². The van der Waals surface area contributed by atoms with Crippen LogP contribution in [-0.4, -0.2) is 30.2 Å². The van der Waals surface area contributed by atoms with Crippen LogP contribution in [0, 0.1) is 0 Å². The molecule has 0 bridgehead atoms. The number of aliphatic carboxylic acids is 1. The van der Waals surface area contributed by atoms with Crippen LogP contribution in [-0.2, 0) is 9.59 Å². The zero-order chi connectivity index (χ0) is 18.5. The number of halogens is 1. The van der Waals surface area contributed by atoms with Crippen LogP contribution >= 0.6 is 11.6 Å². The lowest BCUT2D eigenvalue weighted by Gasteiger charge is -2.19. The summed E-state index contributed by atoms with van der Waals surface area (Å²) in [5.74, 6) is -0.463. The van der Waals surface area contributed by atoms with Crippen molar-refractivity contribution in [2.75, 3.05) is 18.5 Å². The van der Waals surface area contributed by atoms with Gasteiger partial charge < -0.3 is 19.9 Å². The van der Waals surface area contributed by atoms with E-state index in [9.17, 15) is 9.59 Å². The van der Waals surface area contributed by atoms with Gasteiger partial charge in [0.1, 0.15) is 13.2 Å². The molecule has 26 heavy (non-hydrogen) atoms. The molecule has 0 spiro atoms. The molecular formula is C19H18ClNO5. The third-order valence-corrected chi connectivity index (χ3v) is 4.27. The van der Waals surface area contributed by atoms with Gasteiger partial charge in [-0.1, -0.05) is 23.7 Å². The van der Waals surface area contributed by atoms with E-state index in [2.05, 4.69) is 5.32 Å². The monoisotopic (exact) mass is 375 g/mol. The summed E-state index contributed by atoms with van der Waals surface area (Å²) in [6.45, 7) is 0.957. The Labute approximate surface area is 155 Å². The zero-order valence-corrected chi connectivity index (χ0v) is 14.7. The second-order valence-electron chi connectivity index (χ2n) is 5.96. The molecule has 1 aliphatic rings. The van der Waals surface area contributed by atoms with Crippen molar-refractivity contribution in [3.8, 4) is 11.5 Å². The van der Waals surface area contributed by atoms with Gasteiger partial charge in [0.2, 0.25) is 5.91 Å². The molecule has 2 N–H and O–H groups in total. The van der Waals surface area contributed by atoms with Crippen LogP contribution in [0.4, 0.5) is 5.69 Å². The molecule has 1 unspecified atom stereocenters. The molecule has 0 aliphatic carbocycles. The molecule has 1 amide bonds. The molecule has 3 rings (SSSR count). The fraction of sp³-hybridized carbons (Fsp3) is 0.263. The van der Waals surface area contributed by atoms with Crippen molar-refractivity contribution in [3.63, 3.8) is 0 Å². The maximum Gasteiger partial charge on any atom is 0.303 e. The molecule has 136 valence electrons. The number of anilines is 1. The SMILES string of the molecule is O=C(O)CC(CC(=O)Nc1ccc2c(c1)OCCO2)c1ccc(Cl)cc1. The Kier molecular flexibility index (Phi) is 5.63. The van der Waals surface area contributed by atoms with Crippen LogP contribution in [0.1, 0.15) is 24.3 Å². The molecule has 7 heteroatoms. The van der Waals surface area contributed by atoms with Crippen molar-refractivity contribution in [2.24, 2.45) is 0 Å². The van der Waals surface area contributed by atoms with Crippen molar-refractivity contribution < 1.29 is 24.2 Å². The van der Waals surface area contributed by atoms with E-state index in [1.165, 1.54) is 0 Å². The molecule has 1 heterocycles. The largest absolute Gasteiger partial charge is 0.486 e. The Morgan fingerprint density at radius 3 is 2.42 bits per heavy atom. The van der Waals surface area contributed by atoms with Gasteiger partial charge in [-0.2, -0.15) is 0 Å². The van der Waals surface area contributed by atoms with Gasteiger partial charge in [-0.25, -0.2) is 0 Å². The van der Waals surface area contributed by atoms with Gasteiger partial charge in [-0.3, -0.25) is 9.59 Å². The second-order valence-corrected chi connectivity index (χ2v) is 6.39. The molecule has 2 aromatic carbocycles. The van der Waals surface area contributed by atoms with E-state index in [4.69, 9.17) is 26.2 Å². The highest BCUT2D eigenvalue weighted by Gasteiger charge is 2.20. The second kappa shape index (κ2) is 8.10. The van der Waals surface area contributed by atoms with Crippen LogP contribution in [0.2, 0.25) is 5.02 Å². The molecule has 1 aliphatic heterocycles. The molecule has 0 saturated heterocycles. The Bertz CT molecular complexity index is 806. The first-order chi connectivity index (χ1) is 12.5. The number of carboxylic acids is 1. The Hall–Kier alpha value is -2.73. The van der Waals surface area contributed by atoms with E-state index in [0.29, 0.717) is 35.4 Å². The minimum absolute atomic E-state index is 0.0440. The van der Waals surface area contributed by atoms with Crippen molar-refractivity contribution >= 4 is 29.2 Å². The molecule has 0 saturated carbocycles. The maximum absolute atomic E-state index is 12.4. The zero-order valence-electron chi connectivity index (χ0n) is 13.9. The van der Waals surface area contributed by atoms with Crippen molar-refractivity contribution in [3.05, 3.63) is 53.1 Å². The third kappa shape index (κ3) is 4.67. The number of benzene rings is 2. The van der Waals surface area contributed by atoms with E-state index in [1.54, 1.807) is 42.5 Å². The number of fused-ring (bicyclic) bond motifs is 1. The molecule has 0 fully saturated rings. The fourth-order valence-electron chi connectivity index (χ4n) is 2.81. The molecule has 1 atom stereocenters. The van der Waals surface area contributed by atoms with Gasteiger partial charge in [0, 0.05) is 29.1 Å². The number of ether oxygens (including phenoxy) is 2. The molecule has 0 aromatic heterocycles. The topological polar surface area (TPSA) is 84.9 Å². The van der Waals surface area contributed by atoms with Crippen molar-refractivity contribution in [2.45, 2.75) is 18.8 Å². The number of hydrogen-bond donors (Lipinski definition) is 2. The summed E-state index contributed by atoms with van der Waals surface area (Å²) in [4.78, 5) is 23.6. The number of nitrogens with one attached hydrogen (secondary N) is 1. The summed E-state index contributed by atoms with van der Waals surface area (Å²) < 4.78 is 10.9. The number of amides is 1. The predicted octanol–water partition coefficient (Wildman–Crippen LogP) is 3.70. The summed E-state index contributed by atoms with van der Waals surface area (Å²) >= 11 is 5.88. The summed E-state index contributed by atoms with van der Waals surface area (Å²) in [6.07, 6.45) is -0.0986. The standard InChI is InChI=1S/C19H18ClNO5/c20-14-3-1-12(2-4-14)13(10-19(23)24)9-18(22)21-15-5-6-16-17(11-15)26-8-7-25-16/h1-6,11,13H,7-10H2,(H,21,22)(H,23,24). The van der Waals surface area contributed by atoms with Crippen LogP contribution in [0.3, 0.4) is 0 Å². The highest BCUT2D eigenvalue weighted by Crippen LogP contribution is 2.33. The Morgan fingerprint density at radius 2 is 1.73 bits per heavy atom. The smallest absolute Gasteiger partial charge is 0.303 e. The number of carbonyl (C=O) groups excluding carboxylic acids is 1. The Morgan fingerprint density at radius 1 is 1.04 bits per heavy atom. The van der Waals surface area contributed by atoms with E-state index in [1.807, 2.05) is 0 Å². The predicted molar refractivity (Wildman–Crippen MR) is 97.1 cm³/mol. The van der Waals surface area contributed by atoms with Crippen LogP contribution in [0.25, 0.3) is 0 Å². The molecular weight excluding hydrogens is 358 g/mol. The number of carboxylic acid groups (broad SMARTS) is 1. The van der Waals surface area contributed by atoms with Gasteiger partial charge >= 0.3 is 5.97 Å². The average Bonchev–Trinajstić information content (AvgIpc) is 2.61. The fourth-order valence-corrected chi connectivity index (χ4v) is 2.94. The van der Waals surface area contributed by atoms with Gasteiger partial charge in [0.05, 0.1) is 6.42 Å². The van der Waals surface area contributed by atoms with E-state index in [0.717, 1.165) is 5.56 Å². The van der Waals surface area contributed by atoms with Gasteiger partial charge in [-0.15, -0.1) is 0 Å². The summed E-state index contributed by atoms with van der Waals surface area (Å²) in [7, 11) is 0. The maximum atomic E-state index is 12.4. The van der Waals surface area contributed by atoms with Crippen LogP contribution < -0.4 is 14.8 Å². The molecule has 6 nitrogen and oxygen atoms in total. The van der Waals surface area contributed by atoms with Crippen molar-refractivity contribution in [1.29, 1.82) is 0 Å². The highest BCUT2D eigenvalue weighted by molar-refractivity contribution is 6.30. The minimum atomic E-state index is -0.961.